The predicted octanol–water partition coefficient (Wildman–Crippen LogP) is 3.86. The summed E-state index contributed by atoms with van der Waals surface area (Å²) in [5.41, 5.74) is 5.15. The quantitative estimate of drug-likeness (QED) is 0.932. The summed E-state index contributed by atoms with van der Waals surface area (Å²) in [5.74, 6) is 0.0269. The van der Waals surface area contributed by atoms with Gasteiger partial charge in [0, 0.05) is 5.38 Å². The van der Waals surface area contributed by atoms with E-state index >= 15 is 0 Å². The molecule has 0 aliphatic rings. The van der Waals surface area contributed by atoms with Crippen molar-refractivity contribution in [3.63, 3.8) is 0 Å². The molecule has 1 N–H and O–H groups in total. The van der Waals surface area contributed by atoms with Crippen LogP contribution in [0.25, 0.3) is 0 Å². The Morgan fingerprint density at radius 2 is 1.95 bits per heavy atom. The Hall–Kier alpha value is -1.68. The first-order valence-corrected chi connectivity index (χ1v) is 8.07. The molecule has 0 aliphatic carbocycles. The number of amides is 1. The van der Waals surface area contributed by atoms with E-state index in [0.29, 0.717) is 6.42 Å². The number of hydrogen-bond acceptors (Lipinski definition) is 3. The number of carbonyl (C=O) groups excluding carboxylic acids is 1. The molecule has 1 aromatic carbocycles. The van der Waals surface area contributed by atoms with E-state index in [1.54, 1.807) is 16.8 Å². The van der Waals surface area contributed by atoms with Gasteiger partial charge in [0.15, 0.2) is 0 Å². The Morgan fingerprint density at radius 1 is 1.29 bits per heavy atom. The summed E-state index contributed by atoms with van der Waals surface area (Å²) in [6.45, 7) is 8.51. The summed E-state index contributed by atoms with van der Waals surface area (Å²) in [5, 5.41) is 4.94. The van der Waals surface area contributed by atoms with Gasteiger partial charge in [-0.3, -0.25) is 4.79 Å². The molecule has 112 valence electrons. The lowest BCUT2D eigenvalue weighted by Gasteiger charge is -2.19. The zero-order valence-corrected chi connectivity index (χ0v) is 13.8. The van der Waals surface area contributed by atoms with E-state index < -0.39 is 0 Å². The van der Waals surface area contributed by atoms with Gasteiger partial charge in [0.1, 0.15) is 0 Å². The molecule has 0 saturated heterocycles. The van der Waals surface area contributed by atoms with Crippen LogP contribution < -0.4 is 5.32 Å². The van der Waals surface area contributed by atoms with Gasteiger partial charge in [-0.05, 0) is 23.5 Å². The summed E-state index contributed by atoms with van der Waals surface area (Å²) < 4.78 is 0. The van der Waals surface area contributed by atoms with Crippen LogP contribution >= 0.6 is 11.3 Å². The van der Waals surface area contributed by atoms with Gasteiger partial charge in [0.25, 0.3) is 0 Å². The van der Waals surface area contributed by atoms with Crippen molar-refractivity contribution in [2.24, 2.45) is 0 Å². The minimum atomic E-state index is -0.0439. The van der Waals surface area contributed by atoms with Crippen LogP contribution in [0.2, 0.25) is 0 Å². The topological polar surface area (TPSA) is 42.0 Å². The van der Waals surface area contributed by atoms with Gasteiger partial charge in [0.2, 0.25) is 5.91 Å². The van der Waals surface area contributed by atoms with Gasteiger partial charge >= 0.3 is 0 Å². The molecule has 1 atom stereocenters. The molecule has 1 heterocycles. The van der Waals surface area contributed by atoms with Crippen molar-refractivity contribution >= 4 is 17.2 Å². The fraction of sp³-hybridized carbons (Fsp3) is 0.412. The van der Waals surface area contributed by atoms with Crippen LogP contribution in [0.3, 0.4) is 0 Å². The maximum absolute atomic E-state index is 12.1. The van der Waals surface area contributed by atoms with Crippen LogP contribution in [-0.2, 0) is 16.6 Å². The number of hydrogen-bond donors (Lipinski definition) is 1. The second-order valence-corrected chi connectivity index (χ2v) is 7.04. The fourth-order valence-corrected chi connectivity index (χ4v) is 2.76. The van der Waals surface area contributed by atoms with Crippen LogP contribution in [0.5, 0.6) is 0 Å². The summed E-state index contributed by atoms with van der Waals surface area (Å²) in [7, 11) is 0. The Morgan fingerprint density at radius 3 is 2.48 bits per heavy atom. The number of benzene rings is 1. The molecule has 2 aromatic rings. The minimum absolute atomic E-state index is 0.0269. The standard InChI is InChI=1S/C17H22N2OS/c1-12(15-10-21-11-18-15)19-16(20)9-13-5-7-14(8-6-13)17(2,3)4/h5-8,10-12H,9H2,1-4H3,(H,19,20). The smallest absolute Gasteiger partial charge is 0.224 e. The molecule has 21 heavy (non-hydrogen) atoms. The molecule has 0 bridgehead atoms. The lowest BCUT2D eigenvalue weighted by atomic mass is 9.86. The van der Waals surface area contributed by atoms with Crippen LogP contribution in [0.4, 0.5) is 0 Å². The van der Waals surface area contributed by atoms with E-state index in [4.69, 9.17) is 0 Å². The van der Waals surface area contributed by atoms with Crippen LogP contribution in [0, 0.1) is 0 Å². The molecular weight excluding hydrogens is 280 g/mol. The van der Waals surface area contributed by atoms with Crippen molar-refractivity contribution < 1.29 is 4.79 Å². The van der Waals surface area contributed by atoms with Crippen molar-refractivity contribution in [1.29, 1.82) is 0 Å². The van der Waals surface area contributed by atoms with Gasteiger partial charge in [-0.25, -0.2) is 4.98 Å². The third-order valence-corrected chi connectivity index (χ3v) is 4.06. The predicted molar refractivity (Wildman–Crippen MR) is 87.5 cm³/mol. The van der Waals surface area contributed by atoms with Crippen LogP contribution in [0.1, 0.15) is 50.6 Å². The molecule has 3 nitrogen and oxygen atoms in total. The molecular formula is C17H22N2OS. The van der Waals surface area contributed by atoms with Gasteiger partial charge in [0.05, 0.1) is 23.7 Å². The molecule has 2 rings (SSSR count). The van der Waals surface area contributed by atoms with Crippen molar-refractivity contribution in [1.82, 2.24) is 10.3 Å². The highest BCUT2D eigenvalue weighted by atomic mass is 32.1. The summed E-state index contributed by atoms with van der Waals surface area (Å²) >= 11 is 1.54. The van der Waals surface area contributed by atoms with Crippen molar-refractivity contribution in [2.75, 3.05) is 0 Å². The molecule has 0 radical (unpaired) electrons. The molecule has 1 amide bonds. The lowest BCUT2D eigenvalue weighted by Crippen LogP contribution is -2.28. The van der Waals surface area contributed by atoms with Crippen LogP contribution in [-0.4, -0.2) is 10.9 Å². The van der Waals surface area contributed by atoms with E-state index in [2.05, 4.69) is 43.2 Å². The number of carbonyl (C=O) groups is 1. The highest BCUT2D eigenvalue weighted by Gasteiger charge is 2.14. The number of rotatable bonds is 4. The first-order chi connectivity index (χ1) is 9.86. The molecule has 4 heteroatoms. The number of thiazole rings is 1. The summed E-state index contributed by atoms with van der Waals surface area (Å²) in [6.07, 6.45) is 0.402. The van der Waals surface area contributed by atoms with Crippen molar-refractivity contribution in [2.45, 2.75) is 45.6 Å². The van der Waals surface area contributed by atoms with Crippen LogP contribution in [0.15, 0.2) is 35.2 Å². The Kier molecular flexibility index (Phi) is 4.78. The Bertz CT molecular complexity index is 582. The third-order valence-electron chi connectivity index (χ3n) is 3.46. The van der Waals surface area contributed by atoms with E-state index in [9.17, 15) is 4.79 Å². The minimum Gasteiger partial charge on any atom is -0.348 e. The van der Waals surface area contributed by atoms with Gasteiger partial charge in [-0.15, -0.1) is 11.3 Å². The summed E-state index contributed by atoms with van der Waals surface area (Å²) in [4.78, 5) is 16.3. The highest BCUT2D eigenvalue weighted by molar-refractivity contribution is 7.07. The second-order valence-electron chi connectivity index (χ2n) is 6.33. The van der Waals surface area contributed by atoms with E-state index in [-0.39, 0.29) is 17.4 Å². The first kappa shape index (κ1) is 15.7. The maximum Gasteiger partial charge on any atom is 0.224 e. The number of nitrogens with one attached hydrogen (secondary N) is 1. The lowest BCUT2D eigenvalue weighted by molar-refractivity contribution is -0.121. The first-order valence-electron chi connectivity index (χ1n) is 7.13. The van der Waals surface area contributed by atoms with Crippen molar-refractivity contribution in [3.8, 4) is 0 Å². The molecule has 1 aromatic heterocycles. The van der Waals surface area contributed by atoms with Gasteiger partial charge in [-0.2, -0.15) is 0 Å². The van der Waals surface area contributed by atoms with Gasteiger partial charge < -0.3 is 5.32 Å². The SMILES string of the molecule is CC(NC(=O)Cc1ccc(C(C)(C)C)cc1)c1cscn1. The molecule has 0 fully saturated rings. The second kappa shape index (κ2) is 6.39. The molecule has 0 aliphatic heterocycles. The zero-order chi connectivity index (χ0) is 15.5. The molecule has 0 spiro atoms. The monoisotopic (exact) mass is 302 g/mol. The Balaban J connectivity index is 1.94. The summed E-state index contributed by atoms with van der Waals surface area (Å²) in [6, 6.07) is 8.23. The molecule has 1 unspecified atom stereocenters. The van der Waals surface area contributed by atoms with Gasteiger partial charge in [-0.1, -0.05) is 45.0 Å². The van der Waals surface area contributed by atoms with E-state index in [1.165, 1.54) is 5.56 Å². The Labute approximate surface area is 130 Å². The maximum atomic E-state index is 12.1. The highest BCUT2D eigenvalue weighted by Crippen LogP contribution is 2.22. The molecule has 0 saturated carbocycles. The normalized spacial score (nSPS) is 13.0. The fourth-order valence-electron chi connectivity index (χ4n) is 2.11. The average molecular weight is 302 g/mol. The largest absolute Gasteiger partial charge is 0.348 e. The van der Waals surface area contributed by atoms with Crippen molar-refractivity contribution in [3.05, 3.63) is 52.0 Å². The number of nitrogens with zero attached hydrogens (tertiary/aromatic N) is 1. The zero-order valence-electron chi connectivity index (χ0n) is 13.0. The van der Waals surface area contributed by atoms with E-state index in [0.717, 1.165) is 11.3 Å². The number of aromatic nitrogens is 1. The average Bonchev–Trinajstić information content (AvgIpc) is 2.92. The third kappa shape index (κ3) is 4.39. The van der Waals surface area contributed by atoms with E-state index in [1.807, 2.05) is 24.4 Å².